The van der Waals surface area contributed by atoms with E-state index in [0.29, 0.717) is 0 Å². The molecule has 0 aliphatic carbocycles. The van der Waals surface area contributed by atoms with E-state index in [-0.39, 0.29) is 0 Å². The predicted octanol–water partition coefficient (Wildman–Crippen LogP) is 4.50. The molecule has 0 atom stereocenters. The standard InChI is InChI=1S/2C6H12O/c2*1-2-3-4-5-6-7/h2*5-7H,2-4H2,1H3. The molecule has 0 aromatic rings. The second-order valence-electron chi connectivity index (χ2n) is 3.05. The van der Waals surface area contributed by atoms with Crippen molar-refractivity contribution in [3.8, 4) is 0 Å². The number of hydrogen-bond donors (Lipinski definition) is 2. The van der Waals surface area contributed by atoms with Crippen LogP contribution in [0.5, 0.6) is 0 Å². The van der Waals surface area contributed by atoms with E-state index in [1.165, 1.54) is 25.7 Å². The van der Waals surface area contributed by atoms with Crippen LogP contribution in [0.25, 0.3) is 0 Å². The molecule has 0 amide bonds. The first-order valence-electron chi connectivity index (χ1n) is 5.41. The maximum atomic E-state index is 8.11. The van der Waals surface area contributed by atoms with Gasteiger partial charge in [0.1, 0.15) is 0 Å². The molecule has 0 aliphatic heterocycles. The molecule has 0 heterocycles. The smallest absolute Gasteiger partial charge is 0.0751 e. The van der Waals surface area contributed by atoms with Crippen LogP contribution in [0.15, 0.2) is 24.7 Å². The molecule has 0 saturated heterocycles. The van der Waals surface area contributed by atoms with Gasteiger partial charge < -0.3 is 10.2 Å². The Labute approximate surface area is 88.0 Å². The molecular formula is C12H24O2. The van der Waals surface area contributed by atoms with Crippen molar-refractivity contribution in [2.45, 2.75) is 52.4 Å². The molecule has 0 aliphatic rings. The highest BCUT2D eigenvalue weighted by atomic mass is 16.2. The Morgan fingerprint density at radius 1 is 0.786 bits per heavy atom. The zero-order valence-corrected chi connectivity index (χ0v) is 9.45. The molecule has 0 radical (unpaired) electrons. The van der Waals surface area contributed by atoms with Crippen LogP contribution in [0.4, 0.5) is 0 Å². The third-order valence-corrected chi connectivity index (χ3v) is 1.66. The predicted molar refractivity (Wildman–Crippen MR) is 62.6 cm³/mol. The van der Waals surface area contributed by atoms with E-state index < -0.39 is 0 Å². The number of rotatable bonds is 6. The molecule has 2 N–H and O–H groups in total. The highest BCUT2D eigenvalue weighted by Crippen LogP contribution is 1.93. The Bertz CT molecular complexity index is 112. The fourth-order valence-electron chi connectivity index (χ4n) is 0.793. The Kier molecular flexibility index (Phi) is 20.0. The molecule has 0 spiro atoms. The van der Waals surface area contributed by atoms with E-state index in [1.807, 2.05) is 0 Å². The molecule has 2 heteroatoms. The van der Waals surface area contributed by atoms with Gasteiger partial charge in [-0.25, -0.2) is 0 Å². The quantitative estimate of drug-likeness (QED) is 0.489. The molecular weight excluding hydrogens is 176 g/mol. The summed E-state index contributed by atoms with van der Waals surface area (Å²) in [7, 11) is 0. The minimum absolute atomic E-state index is 1.01. The number of aliphatic hydroxyl groups excluding tert-OH is 2. The zero-order valence-electron chi connectivity index (χ0n) is 9.45. The van der Waals surface area contributed by atoms with Gasteiger partial charge in [0, 0.05) is 0 Å². The van der Waals surface area contributed by atoms with E-state index in [9.17, 15) is 0 Å². The minimum atomic E-state index is 1.01. The Morgan fingerprint density at radius 2 is 1.14 bits per heavy atom. The van der Waals surface area contributed by atoms with Gasteiger partial charge in [0.15, 0.2) is 0 Å². The largest absolute Gasteiger partial charge is 0.516 e. The Morgan fingerprint density at radius 3 is 1.36 bits per heavy atom. The van der Waals surface area contributed by atoms with Crippen molar-refractivity contribution in [2.75, 3.05) is 0 Å². The highest BCUT2D eigenvalue weighted by Gasteiger charge is 1.74. The number of hydrogen-bond acceptors (Lipinski definition) is 2. The second kappa shape index (κ2) is 18.0. The van der Waals surface area contributed by atoms with Crippen LogP contribution in [0.2, 0.25) is 0 Å². The summed E-state index contributed by atoms with van der Waals surface area (Å²) < 4.78 is 0. The van der Waals surface area contributed by atoms with Gasteiger partial charge >= 0.3 is 0 Å². The van der Waals surface area contributed by atoms with E-state index in [1.54, 1.807) is 12.2 Å². The number of unbranched alkanes of at least 4 members (excludes halogenated alkanes) is 4. The van der Waals surface area contributed by atoms with Gasteiger partial charge in [-0.15, -0.1) is 0 Å². The van der Waals surface area contributed by atoms with E-state index >= 15 is 0 Å². The lowest BCUT2D eigenvalue weighted by Gasteiger charge is -1.83. The van der Waals surface area contributed by atoms with Gasteiger partial charge in [-0.05, 0) is 25.7 Å². The molecule has 0 saturated carbocycles. The first kappa shape index (κ1) is 15.5. The average molecular weight is 200 g/mol. The van der Waals surface area contributed by atoms with Gasteiger partial charge in [0.05, 0.1) is 12.5 Å². The second-order valence-corrected chi connectivity index (χ2v) is 3.05. The van der Waals surface area contributed by atoms with Crippen molar-refractivity contribution >= 4 is 0 Å². The maximum absolute atomic E-state index is 8.11. The van der Waals surface area contributed by atoms with E-state index in [0.717, 1.165) is 25.4 Å². The first-order valence-corrected chi connectivity index (χ1v) is 5.41. The molecule has 0 aromatic heterocycles. The fraction of sp³-hybridized carbons (Fsp3) is 0.667. The zero-order chi connectivity index (χ0) is 11.1. The Hall–Kier alpha value is -0.920. The molecule has 0 fully saturated rings. The van der Waals surface area contributed by atoms with Crippen LogP contribution in [0.3, 0.4) is 0 Å². The fourth-order valence-corrected chi connectivity index (χ4v) is 0.793. The van der Waals surface area contributed by atoms with Crippen LogP contribution in [-0.2, 0) is 0 Å². The summed E-state index contributed by atoms with van der Waals surface area (Å²) >= 11 is 0. The van der Waals surface area contributed by atoms with Crippen molar-refractivity contribution in [3.05, 3.63) is 24.7 Å². The van der Waals surface area contributed by atoms with Gasteiger partial charge in [-0.2, -0.15) is 0 Å². The van der Waals surface area contributed by atoms with Crippen molar-refractivity contribution < 1.29 is 10.2 Å². The van der Waals surface area contributed by atoms with Gasteiger partial charge in [0.2, 0.25) is 0 Å². The van der Waals surface area contributed by atoms with Crippen LogP contribution in [-0.4, -0.2) is 10.2 Å². The average Bonchev–Trinajstić information content (AvgIpc) is 2.21. The minimum Gasteiger partial charge on any atom is -0.516 e. The van der Waals surface area contributed by atoms with Crippen LogP contribution in [0, 0.1) is 0 Å². The van der Waals surface area contributed by atoms with Crippen LogP contribution >= 0.6 is 0 Å². The van der Waals surface area contributed by atoms with Crippen LogP contribution < -0.4 is 0 Å². The molecule has 0 unspecified atom stereocenters. The number of allylic oxidation sites excluding steroid dienone is 2. The van der Waals surface area contributed by atoms with Crippen molar-refractivity contribution in [2.24, 2.45) is 0 Å². The third-order valence-electron chi connectivity index (χ3n) is 1.66. The summed E-state index contributed by atoms with van der Waals surface area (Å²) in [5, 5.41) is 16.2. The van der Waals surface area contributed by atoms with Crippen molar-refractivity contribution in [3.63, 3.8) is 0 Å². The summed E-state index contributed by atoms with van der Waals surface area (Å²) in [6, 6.07) is 0. The lowest BCUT2D eigenvalue weighted by Crippen LogP contribution is -1.64. The first-order chi connectivity index (χ1) is 6.83. The van der Waals surface area contributed by atoms with Crippen molar-refractivity contribution in [1.82, 2.24) is 0 Å². The lowest BCUT2D eigenvalue weighted by atomic mass is 10.2. The normalized spacial score (nSPS) is 10.4. The van der Waals surface area contributed by atoms with E-state index in [2.05, 4.69) is 13.8 Å². The monoisotopic (exact) mass is 200 g/mol. The molecule has 0 bridgehead atoms. The summed E-state index contributed by atoms with van der Waals surface area (Å²) in [6.45, 7) is 4.26. The SMILES string of the molecule is CCCCC=CO.CCCCC=CO. The van der Waals surface area contributed by atoms with Gasteiger partial charge in [-0.3, -0.25) is 0 Å². The Balaban J connectivity index is 0. The van der Waals surface area contributed by atoms with Gasteiger partial charge in [0.25, 0.3) is 0 Å². The summed E-state index contributed by atoms with van der Waals surface area (Å²) in [4.78, 5) is 0. The third kappa shape index (κ3) is 22.5. The van der Waals surface area contributed by atoms with Crippen molar-refractivity contribution in [1.29, 1.82) is 0 Å². The topological polar surface area (TPSA) is 40.5 Å². The molecule has 0 rings (SSSR count). The molecule has 2 nitrogen and oxygen atoms in total. The van der Waals surface area contributed by atoms with Crippen LogP contribution in [0.1, 0.15) is 52.4 Å². The van der Waals surface area contributed by atoms with E-state index in [4.69, 9.17) is 10.2 Å². The summed E-state index contributed by atoms with van der Waals surface area (Å²) in [6.07, 6.45) is 12.5. The lowest BCUT2D eigenvalue weighted by molar-refractivity contribution is 0.469. The number of aliphatic hydroxyl groups is 2. The highest BCUT2D eigenvalue weighted by molar-refractivity contribution is 4.70. The molecule has 84 valence electrons. The van der Waals surface area contributed by atoms with Gasteiger partial charge in [-0.1, -0.05) is 38.8 Å². The molecule has 0 aromatic carbocycles. The maximum Gasteiger partial charge on any atom is 0.0751 e. The summed E-state index contributed by atoms with van der Waals surface area (Å²) in [5.41, 5.74) is 0. The molecule has 14 heavy (non-hydrogen) atoms. The summed E-state index contributed by atoms with van der Waals surface area (Å²) in [5.74, 6) is 0.